The van der Waals surface area contributed by atoms with Gasteiger partial charge >= 0.3 is 0 Å². The molecule has 5 nitrogen and oxygen atoms in total. The zero-order chi connectivity index (χ0) is 13.7. The molecule has 5 heteroatoms. The van der Waals surface area contributed by atoms with E-state index in [9.17, 15) is 0 Å². The molecule has 0 aliphatic carbocycles. The first-order chi connectivity index (χ1) is 9.18. The smallest absolute Gasteiger partial charge is 0.108 e. The average Bonchev–Trinajstić information content (AvgIpc) is 2.83. The molecule has 0 aromatic carbocycles. The van der Waals surface area contributed by atoms with Crippen molar-refractivity contribution in [1.82, 2.24) is 9.55 Å². The van der Waals surface area contributed by atoms with Gasteiger partial charge < -0.3 is 19.8 Å². The van der Waals surface area contributed by atoms with Crippen molar-refractivity contribution in [3.63, 3.8) is 0 Å². The highest BCUT2D eigenvalue weighted by atomic mass is 16.5. The van der Waals surface area contributed by atoms with E-state index in [4.69, 9.17) is 15.2 Å². The van der Waals surface area contributed by atoms with Crippen LogP contribution in [-0.4, -0.2) is 41.0 Å². The Labute approximate surface area is 115 Å². The molecule has 1 aliphatic heterocycles. The summed E-state index contributed by atoms with van der Waals surface area (Å²) in [5.74, 6) is 1.08. The number of hydrogen-bond donors (Lipinski definition) is 1. The molecule has 0 bridgehead atoms. The minimum absolute atomic E-state index is 0.0352. The largest absolute Gasteiger partial charge is 0.381 e. The number of ether oxygens (including phenoxy) is 2. The normalized spacial score (nSPS) is 20.4. The van der Waals surface area contributed by atoms with E-state index in [2.05, 4.69) is 4.98 Å². The highest BCUT2D eigenvalue weighted by molar-refractivity contribution is 4.97. The lowest BCUT2D eigenvalue weighted by atomic mass is 9.84. The first-order valence-corrected chi connectivity index (χ1v) is 7.11. The van der Waals surface area contributed by atoms with Gasteiger partial charge in [0.25, 0.3) is 0 Å². The minimum atomic E-state index is -0.210. The molecule has 1 fully saturated rings. The zero-order valence-electron chi connectivity index (χ0n) is 12.0. The zero-order valence-corrected chi connectivity index (χ0v) is 12.0. The summed E-state index contributed by atoms with van der Waals surface area (Å²) in [6.45, 7) is 4.23. The maximum atomic E-state index is 6.42. The Kier molecular flexibility index (Phi) is 4.96. The van der Waals surface area contributed by atoms with Crippen molar-refractivity contribution in [1.29, 1.82) is 0 Å². The lowest BCUT2D eigenvalue weighted by molar-refractivity contribution is -0.121. The molecule has 2 heterocycles. The van der Waals surface area contributed by atoms with Crippen molar-refractivity contribution in [2.45, 2.75) is 44.2 Å². The van der Waals surface area contributed by atoms with Gasteiger partial charge in [-0.3, -0.25) is 0 Å². The van der Waals surface area contributed by atoms with E-state index in [1.165, 1.54) is 0 Å². The van der Waals surface area contributed by atoms with Gasteiger partial charge in [0, 0.05) is 64.6 Å². The van der Waals surface area contributed by atoms with Crippen molar-refractivity contribution >= 4 is 0 Å². The molecule has 1 aromatic heterocycles. The molecule has 1 unspecified atom stereocenters. The van der Waals surface area contributed by atoms with Gasteiger partial charge in [-0.25, -0.2) is 4.98 Å². The van der Waals surface area contributed by atoms with Gasteiger partial charge in [-0.2, -0.15) is 0 Å². The van der Waals surface area contributed by atoms with Crippen molar-refractivity contribution in [2.75, 3.05) is 19.8 Å². The maximum Gasteiger partial charge on any atom is 0.108 e. The van der Waals surface area contributed by atoms with Crippen LogP contribution >= 0.6 is 0 Å². The van der Waals surface area contributed by atoms with Crippen LogP contribution in [0.3, 0.4) is 0 Å². The summed E-state index contributed by atoms with van der Waals surface area (Å²) in [5, 5.41) is 0. The summed E-state index contributed by atoms with van der Waals surface area (Å²) in [5.41, 5.74) is 6.21. The number of rotatable bonds is 6. The molecular weight excluding hydrogens is 242 g/mol. The summed E-state index contributed by atoms with van der Waals surface area (Å²) in [6.07, 6.45) is 7.36. The highest BCUT2D eigenvalue weighted by Gasteiger charge is 2.39. The lowest BCUT2D eigenvalue weighted by Crippen LogP contribution is -2.53. The third-order valence-corrected chi connectivity index (χ3v) is 4.05. The van der Waals surface area contributed by atoms with Crippen molar-refractivity contribution in [2.24, 2.45) is 12.8 Å². The fourth-order valence-electron chi connectivity index (χ4n) is 2.81. The molecule has 0 saturated carbocycles. The van der Waals surface area contributed by atoms with Crippen LogP contribution in [0, 0.1) is 0 Å². The van der Waals surface area contributed by atoms with Crippen molar-refractivity contribution in [3.05, 3.63) is 18.2 Å². The number of aromatic nitrogens is 2. The summed E-state index contributed by atoms with van der Waals surface area (Å²) < 4.78 is 13.5. The van der Waals surface area contributed by atoms with Crippen LogP contribution in [0.25, 0.3) is 0 Å². The third-order valence-electron chi connectivity index (χ3n) is 4.05. The fourth-order valence-corrected chi connectivity index (χ4v) is 2.81. The molecular formula is C14H25N3O2. The van der Waals surface area contributed by atoms with Crippen LogP contribution in [-0.2, 0) is 22.9 Å². The Balaban J connectivity index is 1.95. The van der Waals surface area contributed by atoms with E-state index >= 15 is 0 Å². The Morgan fingerprint density at radius 3 is 2.84 bits per heavy atom. The summed E-state index contributed by atoms with van der Waals surface area (Å²) >= 11 is 0. The van der Waals surface area contributed by atoms with Gasteiger partial charge in [-0.05, 0) is 13.3 Å². The predicted molar refractivity (Wildman–Crippen MR) is 73.9 cm³/mol. The van der Waals surface area contributed by atoms with Crippen LogP contribution in [0.2, 0.25) is 0 Å². The predicted octanol–water partition coefficient (Wildman–Crippen LogP) is 1.27. The van der Waals surface area contributed by atoms with Gasteiger partial charge in [0.1, 0.15) is 5.82 Å². The number of hydrogen-bond acceptors (Lipinski definition) is 4. The molecule has 1 aromatic rings. The quantitative estimate of drug-likeness (QED) is 0.843. The molecule has 2 rings (SSSR count). The SMILES string of the molecule is CCOC1(C(N)CCc2nccn2C)CCOCC1. The van der Waals surface area contributed by atoms with Gasteiger partial charge in [-0.1, -0.05) is 0 Å². The standard InChI is InChI=1S/C14H25N3O2/c1-3-19-14(6-10-18-11-7-14)12(15)4-5-13-16-8-9-17(13)2/h8-9,12H,3-7,10-11,15H2,1-2H3. The molecule has 1 aliphatic rings. The van der Waals surface area contributed by atoms with Gasteiger partial charge in [0.2, 0.25) is 0 Å². The van der Waals surface area contributed by atoms with Crippen LogP contribution in [0.15, 0.2) is 12.4 Å². The summed E-state index contributed by atoms with van der Waals surface area (Å²) in [7, 11) is 2.01. The van der Waals surface area contributed by atoms with Crippen LogP contribution < -0.4 is 5.73 Å². The van der Waals surface area contributed by atoms with Crippen molar-refractivity contribution in [3.8, 4) is 0 Å². The minimum Gasteiger partial charge on any atom is -0.381 e. The Bertz CT molecular complexity index is 380. The molecule has 1 saturated heterocycles. The Morgan fingerprint density at radius 2 is 2.26 bits per heavy atom. The van der Waals surface area contributed by atoms with Crippen LogP contribution in [0.1, 0.15) is 32.0 Å². The molecule has 108 valence electrons. The van der Waals surface area contributed by atoms with Gasteiger partial charge in [-0.15, -0.1) is 0 Å². The topological polar surface area (TPSA) is 62.3 Å². The van der Waals surface area contributed by atoms with E-state index in [0.717, 1.165) is 44.7 Å². The first kappa shape index (κ1) is 14.5. The second-order valence-corrected chi connectivity index (χ2v) is 5.21. The van der Waals surface area contributed by atoms with E-state index in [1.807, 2.05) is 30.9 Å². The maximum absolute atomic E-state index is 6.42. The van der Waals surface area contributed by atoms with Crippen molar-refractivity contribution < 1.29 is 9.47 Å². The Morgan fingerprint density at radius 1 is 1.53 bits per heavy atom. The van der Waals surface area contributed by atoms with E-state index in [-0.39, 0.29) is 11.6 Å². The lowest BCUT2D eigenvalue weighted by Gasteiger charge is -2.41. The second-order valence-electron chi connectivity index (χ2n) is 5.21. The first-order valence-electron chi connectivity index (χ1n) is 7.11. The molecule has 0 spiro atoms. The van der Waals surface area contributed by atoms with E-state index in [1.54, 1.807) is 0 Å². The number of aryl methyl sites for hydroxylation is 2. The number of nitrogens with two attached hydrogens (primary N) is 1. The third kappa shape index (κ3) is 3.35. The molecule has 0 amide bonds. The second kappa shape index (κ2) is 6.50. The molecule has 0 radical (unpaired) electrons. The Hall–Kier alpha value is -0.910. The van der Waals surface area contributed by atoms with Crippen LogP contribution in [0.4, 0.5) is 0 Å². The number of imidazole rings is 1. The average molecular weight is 267 g/mol. The molecule has 1 atom stereocenters. The monoisotopic (exact) mass is 267 g/mol. The molecule has 19 heavy (non-hydrogen) atoms. The van der Waals surface area contributed by atoms with E-state index < -0.39 is 0 Å². The number of nitrogens with zero attached hydrogens (tertiary/aromatic N) is 2. The van der Waals surface area contributed by atoms with E-state index in [0.29, 0.717) is 6.61 Å². The summed E-state index contributed by atoms with van der Waals surface area (Å²) in [6, 6.07) is 0.0352. The highest BCUT2D eigenvalue weighted by Crippen LogP contribution is 2.30. The summed E-state index contributed by atoms with van der Waals surface area (Å²) in [4.78, 5) is 4.34. The van der Waals surface area contributed by atoms with Gasteiger partial charge in [0.15, 0.2) is 0 Å². The molecule has 2 N–H and O–H groups in total. The van der Waals surface area contributed by atoms with Gasteiger partial charge in [0.05, 0.1) is 5.60 Å². The fraction of sp³-hybridized carbons (Fsp3) is 0.786. The van der Waals surface area contributed by atoms with Crippen LogP contribution in [0.5, 0.6) is 0 Å².